The standard InChI is InChI=1S/C24H32N4O3/c29-22(17-8-4-3-5-9-17)25-13-14-26-23(30)18-11-12-19-20(16-18)27-21-10-6-1-2-7-15-28(21)24(19)31/h11-12,16-17H,1-10,13-15H2,(H,25,29)(H,26,30). The minimum absolute atomic E-state index is 0.0146. The highest BCUT2D eigenvalue weighted by atomic mass is 16.2. The maximum atomic E-state index is 12.9. The third-order valence-corrected chi connectivity index (χ3v) is 6.51. The molecule has 1 saturated carbocycles. The molecule has 31 heavy (non-hydrogen) atoms. The summed E-state index contributed by atoms with van der Waals surface area (Å²) in [4.78, 5) is 42.4. The zero-order valence-corrected chi connectivity index (χ0v) is 18.1. The number of amides is 2. The van der Waals surface area contributed by atoms with E-state index in [1.165, 1.54) is 6.42 Å². The van der Waals surface area contributed by atoms with Crippen LogP contribution in [-0.4, -0.2) is 34.5 Å². The van der Waals surface area contributed by atoms with E-state index in [4.69, 9.17) is 4.98 Å². The SMILES string of the molecule is O=C(NCCNC(=O)C1CCCCC1)c1ccc2c(=O)n3c(nc2c1)CCCCCC3. The van der Waals surface area contributed by atoms with Crippen molar-refractivity contribution < 1.29 is 9.59 Å². The summed E-state index contributed by atoms with van der Waals surface area (Å²) < 4.78 is 1.80. The average molecular weight is 425 g/mol. The molecule has 0 unspecified atom stereocenters. The first-order valence-electron chi connectivity index (χ1n) is 11.7. The second-order valence-electron chi connectivity index (χ2n) is 8.76. The monoisotopic (exact) mass is 424 g/mol. The van der Waals surface area contributed by atoms with Gasteiger partial charge >= 0.3 is 0 Å². The quantitative estimate of drug-likeness (QED) is 0.722. The van der Waals surface area contributed by atoms with Crippen LogP contribution in [0.4, 0.5) is 0 Å². The maximum absolute atomic E-state index is 12.9. The van der Waals surface area contributed by atoms with E-state index >= 15 is 0 Å². The fraction of sp³-hybridized carbons (Fsp3) is 0.583. The second-order valence-corrected chi connectivity index (χ2v) is 8.76. The molecule has 0 bridgehead atoms. The van der Waals surface area contributed by atoms with Gasteiger partial charge in [-0.15, -0.1) is 0 Å². The van der Waals surface area contributed by atoms with Crippen LogP contribution in [0.2, 0.25) is 0 Å². The molecule has 2 N–H and O–H groups in total. The van der Waals surface area contributed by atoms with Gasteiger partial charge in [-0.25, -0.2) is 4.98 Å². The topological polar surface area (TPSA) is 93.1 Å². The fourth-order valence-corrected chi connectivity index (χ4v) is 4.71. The summed E-state index contributed by atoms with van der Waals surface area (Å²) in [5, 5.41) is 6.34. The number of aryl methyl sites for hydroxylation is 1. The van der Waals surface area contributed by atoms with Crippen molar-refractivity contribution in [3.05, 3.63) is 39.9 Å². The maximum Gasteiger partial charge on any atom is 0.261 e. The average Bonchev–Trinajstić information content (AvgIpc) is 2.78. The van der Waals surface area contributed by atoms with E-state index in [1.54, 1.807) is 22.8 Å². The lowest BCUT2D eigenvalue weighted by atomic mass is 9.89. The van der Waals surface area contributed by atoms with Crippen molar-refractivity contribution in [1.29, 1.82) is 0 Å². The molecule has 2 amide bonds. The van der Waals surface area contributed by atoms with E-state index in [9.17, 15) is 14.4 Å². The zero-order valence-electron chi connectivity index (χ0n) is 18.1. The fourth-order valence-electron chi connectivity index (χ4n) is 4.71. The van der Waals surface area contributed by atoms with Gasteiger partial charge in [-0.3, -0.25) is 19.0 Å². The number of rotatable bonds is 5. The Balaban J connectivity index is 1.38. The molecule has 0 saturated heterocycles. The number of nitrogens with zero attached hydrogens (tertiary/aromatic N) is 2. The normalized spacial score (nSPS) is 17.4. The van der Waals surface area contributed by atoms with Crippen LogP contribution >= 0.6 is 0 Å². The Bertz CT molecular complexity index is 1010. The van der Waals surface area contributed by atoms with Crippen LogP contribution in [0.15, 0.2) is 23.0 Å². The summed E-state index contributed by atoms with van der Waals surface area (Å²) in [6, 6.07) is 5.08. The Morgan fingerprint density at radius 2 is 1.71 bits per heavy atom. The lowest BCUT2D eigenvalue weighted by Crippen LogP contribution is -2.38. The summed E-state index contributed by atoms with van der Waals surface area (Å²) in [6.45, 7) is 1.50. The van der Waals surface area contributed by atoms with E-state index in [1.807, 2.05) is 0 Å². The summed E-state index contributed by atoms with van der Waals surface area (Å²) in [6.07, 6.45) is 10.5. The molecule has 1 aromatic carbocycles. The van der Waals surface area contributed by atoms with Crippen molar-refractivity contribution in [1.82, 2.24) is 20.2 Å². The Morgan fingerprint density at radius 1 is 0.968 bits per heavy atom. The molecule has 0 spiro atoms. The van der Waals surface area contributed by atoms with E-state index in [-0.39, 0.29) is 23.3 Å². The number of aromatic nitrogens is 2. The molecule has 0 atom stereocenters. The summed E-state index contributed by atoms with van der Waals surface area (Å²) in [7, 11) is 0. The molecule has 0 radical (unpaired) electrons. The summed E-state index contributed by atoms with van der Waals surface area (Å²) >= 11 is 0. The number of benzene rings is 1. The number of carbonyl (C=O) groups excluding carboxylic acids is 2. The number of hydrogen-bond donors (Lipinski definition) is 2. The van der Waals surface area contributed by atoms with E-state index in [2.05, 4.69) is 10.6 Å². The van der Waals surface area contributed by atoms with Gasteiger partial charge in [-0.05, 0) is 43.9 Å². The molecular weight excluding hydrogens is 392 g/mol. The van der Waals surface area contributed by atoms with E-state index in [0.29, 0.717) is 36.1 Å². The minimum Gasteiger partial charge on any atom is -0.354 e. The molecule has 2 aromatic rings. The molecule has 1 aliphatic heterocycles. The largest absolute Gasteiger partial charge is 0.354 e. The molecule has 2 aliphatic rings. The lowest BCUT2D eigenvalue weighted by molar-refractivity contribution is -0.125. The van der Waals surface area contributed by atoms with Crippen LogP contribution in [-0.2, 0) is 17.8 Å². The van der Waals surface area contributed by atoms with Gasteiger partial charge < -0.3 is 10.6 Å². The van der Waals surface area contributed by atoms with Crippen molar-refractivity contribution in [2.45, 2.75) is 70.8 Å². The van der Waals surface area contributed by atoms with Gasteiger partial charge in [0.05, 0.1) is 10.9 Å². The van der Waals surface area contributed by atoms with Crippen LogP contribution < -0.4 is 16.2 Å². The highest BCUT2D eigenvalue weighted by molar-refractivity contribution is 5.97. The van der Waals surface area contributed by atoms with Gasteiger partial charge in [0.2, 0.25) is 5.91 Å². The minimum atomic E-state index is -0.220. The van der Waals surface area contributed by atoms with Crippen LogP contribution in [0.1, 0.15) is 74.0 Å². The lowest BCUT2D eigenvalue weighted by Gasteiger charge is -2.20. The highest BCUT2D eigenvalue weighted by Crippen LogP contribution is 2.23. The van der Waals surface area contributed by atoms with Crippen LogP contribution in [0, 0.1) is 5.92 Å². The third-order valence-electron chi connectivity index (χ3n) is 6.51. The predicted octanol–water partition coefficient (Wildman–Crippen LogP) is 2.94. The zero-order chi connectivity index (χ0) is 21.6. The van der Waals surface area contributed by atoms with Crippen molar-refractivity contribution in [3.8, 4) is 0 Å². The van der Waals surface area contributed by atoms with Crippen molar-refractivity contribution >= 4 is 22.7 Å². The Morgan fingerprint density at radius 3 is 2.55 bits per heavy atom. The van der Waals surface area contributed by atoms with E-state index in [0.717, 1.165) is 63.6 Å². The number of hydrogen-bond acceptors (Lipinski definition) is 4. The van der Waals surface area contributed by atoms with Crippen LogP contribution in [0.3, 0.4) is 0 Å². The van der Waals surface area contributed by atoms with Gasteiger partial charge in [0.25, 0.3) is 11.5 Å². The van der Waals surface area contributed by atoms with Gasteiger partial charge in [0, 0.05) is 37.5 Å². The predicted molar refractivity (Wildman–Crippen MR) is 120 cm³/mol. The first-order chi connectivity index (χ1) is 15.1. The smallest absolute Gasteiger partial charge is 0.261 e. The molecule has 1 fully saturated rings. The Labute approximate surface area is 182 Å². The molecule has 7 nitrogen and oxygen atoms in total. The number of carbonyl (C=O) groups is 2. The van der Waals surface area contributed by atoms with Gasteiger partial charge in [0.1, 0.15) is 5.82 Å². The van der Waals surface area contributed by atoms with Gasteiger partial charge in [0.15, 0.2) is 0 Å². The molecule has 7 heteroatoms. The van der Waals surface area contributed by atoms with Gasteiger partial charge in [-0.2, -0.15) is 0 Å². The van der Waals surface area contributed by atoms with Crippen molar-refractivity contribution in [3.63, 3.8) is 0 Å². The second kappa shape index (κ2) is 10.1. The number of fused-ring (bicyclic) bond motifs is 2. The molecule has 1 aromatic heterocycles. The third kappa shape index (κ3) is 5.14. The molecule has 2 heterocycles. The Kier molecular flexibility index (Phi) is 6.99. The first-order valence-corrected chi connectivity index (χ1v) is 11.7. The first kappa shape index (κ1) is 21.5. The molecular formula is C24H32N4O3. The highest BCUT2D eigenvalue weighted by Gasteiger charge is 2.20. The van der Waals surface area contributed by atoms with Crippen molar-refractivity contribution in [2.24, 2.45) is 5.92 Å². The van der Waals surface area contributed by atoms with Crippen molar-refractivity contribution in [2.75, 3.05) is 13.1 Å². The molecule has 166 valence electrons. The van der Waals surface area contributed by atoms with Gasteiger partial charge in [-0.1, -0.05) is 32.1 Å². The van der Waals surface area contributed by atoms with Crippen LogP contribution in [0.5, 0.6) is 0 Å². The van der Waals surface area contributed by atoms with E-state index < -0.39 is 0 Å². The molecule has 1 aliphatic carbocycles. The molecule has 4 rings (SSSR count). The van der Waals surface area contributed by atoms with Crippen LogP contribution in [0.25, 0.3) is 10.9 Å². The summed E-state index contributed by atoms with van der Waals surface area (Å²) in [5.74, 6) is 0.818. The summed E-state index contributed by atoms with van der Waals surface area (Å²) in [5.41, 5.74) is 1.04. The number of nitrogens with one attached hydrogen (secondary N) is 2. The Hall–Kier alpha value is -2.70.